The molecular formula is C21H23N3O2. The third-order valence-corrected chi connectivity index (χ3v) is 3.99. The highest BCUT2D eigenvalue weighted by Crippen LogP contribution is 2.15. The van der Waals surface area contributed by atoms with Gasteiger partial charge in [0.15, 0.2) is 0 Å². The van der Waals surface area contributed by atoms with Gasteiger partial charge in [0.25, 0.3) is 5.91 Å². The van der Waals surface area contributed by atoms with Gasteiger partial charge in [0.1, 0.15) is 0 Å². The number of rotatable bonds is 7. The van der Waals surface area contributed by atoms with Crippen LogP contribution in [0, 0.1) is 5.92 Å². The summed E-state index contributed by atoms with van der Waals surface area (Å²) in [6, 6.07) is 19.1. The summed E-state index contributed by atoms with van der Waals surface area (Å²) < 4.78 is 5.36. The second kappa shape index (κ2) is 8.43. The molecule has 3 aromatic rings. The van der Waals surface area contributed by atoms with Crippen LogP contribution in [0.5, 0.6) is 0 Å². The van der Waals surface area contributed by atoms with E-state index in [2.05, 4.69) is 24.0 Å². The van der Waals surface area contributed by atoms with Crippen molar-refractivity contribution in [1.82, 2.24) is 15.0 Å². The van der Waals surface area contributed by atoms with Gasteiger partial charge in [-0.1, -0.05) is 67.5 Å². The molecule has 2 aromatic carbocycles. The Morgan fingerprint density at radius 3 is 2.35 bits per heavy atom. The van der Waals surface area contributed by atoms with E-state index in [-0.39, 0.29) is 5.91 Å². The molecule has 1 heterocycles. The summed E-state index contributed by atoms with van der Waals surface area (Å²) in [5, 5.41) is 4.04. The quantitative estimate of drug-likeness (QED) is 0.645. The molecule has 0 spiro atoms. The number of nitrogens with zero attached hydrogens (tertiary/aromatic N) is 3. The molecule has 5 nitrogen and oxygen atoms in total. The van der Waals surface area contributed by atoms with Gasteiger partial charge in [-0.15, -0.1) is 0 Å². The Balaban J connectivity index is 1.68. The van der Waals surface area contributed by atoms with Crippen molar-refractivity contribution >= 4 is 5.91 Å². The van der Waals surface area contributed by atoms with Crippen molar-refractivity contribution in [3.8, 4) is 11.4 Å². The summed E-state index contributed by atoms with van der Waals surface area (Å²) >= 11 is 0. The van der Waals surface area contributed by atoms with Crippen molar-refractivity contribution < 1.29 is 9.32 Å². The molecule has 0 saturated heterocycles. The largest absolute Gasteiger partial charge is 0.339 e. The molecule has 0 bridgehead atoms. The zero-order valence-corrected chi connectivity index (χ0v) is 15.1. The van der Waals surface area contributed by atoms with E-state index >= 15 is 0 Å². The summed E-state index contributed by atoms with van der Waals surface area (Å²) in [6.45, 7) is 5.44. The minimum absolute atomic E-state index is 0.0297. The lowest BCUT2D eigenvalue weighted by Crippen LogP contribution is -2.36. The van der Waals surface area contributed by atoms with Gasteiger partial charge in [0.2, 0.25) is 11.7 Å². The number of carbonyl (C=O) groups excluding carboxylic acids is 1. The van der Waals surface area contributed by atoms with Crippen LogP contribution in [0.25, 0.3) is 11.4 Å². The summed E-state index contributed by atoms with van der Waals surface area (Å²) in [4.78, 5) is 19.1. The molecule has 0 N–H and O–H groups in total. The third kappa shape index (κ3) is 4.57. The number of carbonyl (C=O) groups is 1. The normalized spacial score (nSPS) is 10.9. The molecule has 5 heteroatoms. The molecule has 0 saturated carbocycles. The highest BCUT2D eigenvalue weighted by molar-refractivity contribution is 5.94. The van der Waals surface area contributed by atoms with Crippen LogP contribution in [-0.2, 0) is 6.42 Å². The van der Waals surface area contributed by atoms with Crippen LogP contribution >= 0.6 is 0 Å². The van der Waals surface area contributed by atoms with E-state index < -0.39 is 0 Å². The van der Waals surface area contributed by atoms with Gasteiger partial charge < -0.3 is 9.42 Å². The topological polar surface area (TPSA) is 59.2 Å². The maximum atomic E-state index is 12.8. The molecule has 1 aromatic heterocycles. The Kier molecular flexibility index (Phi) is 5.79. The molecule has 0 aliphatic heterocycles. The molecule has 0 fully saturated rings. The summed E-state index contributed by atoms with van der Waals surface area (Å²) in [5.41, 5.74) is 1.62. The van der Waals surface area contributed by atoms with Crippen molar-refractivity contribution in [2.45, 2.75) is 20.3 Å². The maximum Gasteiger partial charge on any atom is 0.253 e. The first-order valence-electron chi connectivity index (χ1n) is 8.86. The average molecular weight is 349 g/mol. The fourth-order valence-electron chi connectivity index (χ4n) is 2.77. The van der Waals surface area contributed by atoms with Gasteiger partial charge in [-0.05, 0) is 18.1 Å². The molecule has 3 rings (SSSR count). The molecule has 0 unspecified atom stereocenters. The molecule has 0 aliphatic carbocycles. The van der Waals surface area contributed by atoms with Gasteiger partial charge >= 0.3 is 0 Å². The summed E-state index contributed by atoms with van der Waals surface area (Å²) in [7, 11) is 0. The predicted molar refractivity (Wildman–Crippen MR) is 101 cm³/mol. The van der Waals surface area contributed by atoms with E-state index in [1.54, 1.807) is 0 Å². The highest BCUT2D eigenvalue weighted by atomic mass is 16.5. The zero-order valence-electron chi connectivity index (χ0n) is 15.1. The van der Waals surface area contributed by atoms with Gasteiger partial charge in [-0.25, -0.2) is 0 Å². The van der Waals surface area contributed by atoms with Crippen LogP contribution in [0.15, 0.2) is 65.2 Å². The smallest absolute Gasteiger partial charge is 0.253 e. The van der Waals surface area contributed by atoms with E-state index in [1.807, 2.05) is 65.6 Å². The monoisotopic (exact) mass is 349 g/mol. The molecule has 0 aliphatic rings. The minimum atomic E-state index is 0.0297. The van der Waals surface area contributed by atoms with Crippen LogP contribution in [0.4, 0.5) is 0 Å². The molecule has 26 heavy (non-hydrogen) atoms. The van der Waals surface area contributed by atoms with E-state index in [1.165, 1.54) is 0 Å². The highest BCUT2D eigenvalue weighted by Gasteiger charge is 2.18. The van der Waals surface area contributed by atoms with Crippen LogP contribution in [0.3, 0.4) is 0 Å². The SMILES string of the molecule is CC(C)CN(CCc1nc(-c2ccccc2)no1)C(=O)c1ccccc1. The van der Waals surface area contributed by atoms with E-state index in [9.17, 15) is 4.79 Å². The number of benzene rings is 2. The molecule has 134 valence electrons. The Labute approximate surface area is 153 Å². The third-order valence-electron chi connectivity index (χ3n) is 3.99. The Hall–Kier alpha value is -2.95. The van der Waals surface area contributed by atoms with Crippen molar-refractivity contribution in [1.29, 1.82) is 0 Å². The fourth-order valence-corrected chi connectivity index (χ4v) is 2.77. The van der Waals surface area contributed by atoms with Crippen LogP contribution in [-0.4, -0.2) is 34.0 Å². The Morgan fingerprint density at radius 1 is 1.04 bits per heavy atom. The number of hydrogen-bond donors (Lipinski definition) is 0. The van der Waals surface area contributed by atoms with Crippen molar-refractivity contribution in [2.24, 2.45) is 5.92 Å². The van der Waals surface area contributed by atoms with Crippen molar-refractivity contribution in [3.63, 3.8) is 0 Å². The van der Waals surface area contributed by atoms with Crippen LogP contribution in [0.1, 0.15) is 30.1 Å². The van der Waals surface area contributed by atoms with E-state index in [0.29, 0.717) is 42.7 Å². The fraction of sp³-hybridized carbons (Fsp3) is 0.286. The van der Waals surface area contributed by atoms with E-state index in [0.717, 1.165) is 5.56 Å². The first-order chi connectivity index (χ1) is 12.6. The minimum Gasteiger partial charge on any atom is -0.339 e. The molecular weight excluding hydrogens is 326 g/mol. The predicted octanol–water partition coefficient (Wildman–Crippen LogP) is 4.08. The molecule has 0 radical (unpaired) electrons. The van der Waals surface area contributed by atoms with Gasteiger partial charge in [0.05, 0.1) is 0 Å². The summed E-state index contributed by atoms with van der Waals surface area (Å²) in [5.74, 6) is 1.52. The lowest BCUT2D eigenvalue weighted by molar-refractivity contribution is 0.0734. The van der Waals surface area contributed by atoms with Crippen LogP contribution in [0.2, 0.25) is 0 Å². The average Bonchev–Trinajstić information content (AvgIpc) is 3.15. The molecule has 1 amide bonds. The second-order valence-corrected chi connectivity index (χ2v) is 6.64. The van der Waals surface area contributed by atoms with Crippen molar-refractivity contribution in [3.05, 3.63) is 72.1 Å². The van der Waals surface area contributed by atoms with Crippen LogP contribution < -0.4 is 0 Å². The summed E-state index contributed by atoms with van der Waals surface area (Å²) in [6.07, 6.45) is 0.533. The molecule has 0 atom stereocenters. The second-order valence-electron chi connectivity index (χ2n) is 6.64. The lowest BCUT2D eigenvalue weighted by Gasteiger charge is -2.24. The standard InChI is InChI=1S/C21H23N3O2/c1-16(2)15-24(21(25)18-11-7-4-8-12-18)14-13-19-22-20(23-26-19)17-9-5-3-6-10-17/h3-12,16H,13-15H2,1-2H3. The lowest BCUT2D eigenvalue weighted by atomic mass is 10.1. The Morgan fingerprint density at radius 2 is 1.69 bits per heavy atom. The number of hydrogen-bond acceptors (Lipinski definition) is 4. The van der Waals surface area contributed by atoms with Gasteiger partial charge in [0, 0.05) is 30.6 Å². The number of aromatic nitrogens is 2. The number of amides is 1. The zero-order chi connectivity index (χ0) is 18.4. The first-order valence-corrected chi connectivity index (χ1v) is 8.86. The van der Waals surface area contributed by atoms with Gasteiger partial charge in [-0.3, -0.25) is 4.79 Å². The van der Waals surface area contributed by atoms with E-state index in [4.69, 9.17) is 4.52 Å². The maximum absolute atomic E-state index is 12.8. The first kappa shape index (κ1) is 17.9. The van der Waals surface area contributed by atoms with Gasteiger partial charge in [-0.2, -0.15) is 4.98 Å². The van der Waals surface area contributed by atoms with Crippen molar-refractivity contribution in [2.75, 3.05) is 13.1 Å². The Bertz CT molecular complexity index is 829.